The number of carbonyl (C=O) groups is 1. The average Bonchev–Trinajstić information content (AvgIpc) is 3.97. The maximum atomic E-state index is 15.7. The van der Waals surface area contributed by atoms with Crippen LogP contribution in [0.3, 0.4) is 0 Å². The van der Waals surface area contributed by atoms with E-state index in [1.165, 1.54) is 36.6 Å². The number of aromatic nitrogens is 4. The highest BCUT2D eigenvalue weighted by Gasteiger charge is 2.46. The summed E-state index contributed by atoms with van der Waals surface area (Å²) in [5, 5.41) is 12.3. The molecule has 6 heterocycles. The molecule has 0 saturated carbocycles. The summed E-state index contributed by atoms with van der Waals surface area (Å²) in [5.41, 5.74) is 3.96. The highest BCUT2D eigenvalue weighted by molar-refractivity contribution is 7.23. The highest BCUT2D eigenvalue weighted by Crippen LogP contribution is 2.52. The van der Waals surface area contributed by atoms with Crippen LogP contribution >= 0.6 is 11.3 Å². The summed E-state index contributed by atoms with van der Waals surface area (Å²) < 4.78 is 71.0. The number of rotatable bonds is 8. The summed E-state index contributed by atoms with van der Waals surface area (Å²) in [4.78, 5) is 26.4. The minimum atomic E-state index is -2.11. The second-order valence-corrected chi connectivity index (χ2v) is 14.3. The first-order valence-corrected chi connectivity index (χ1v) is 17.8. The third kappa shape index (κ3) is 5.06. The fraction of sp³-hybridized carbons (Fsp3) is 0.289. The maximum absolute atomic E-state index is 15.7. The van der Waals surface area contributed by atoms with Crippen molar-refractivity contribution in [3.63, 3.8) is 0 Å². The molecule has 264 valence electrons. The van der Waals surface area contributed by atoms with Gasteiger partial charge in [0.05, 0.1) is 46.4 Å². The molecule has 3 aliphatic rings. The maximum Gasteiger partial charge on any atom is 0.257 e. The molecule has 0 radical (unpaired) electrons. The minimum Gasteiger partial charge on any atom is -0.493 e. The summed E-state index contributed by atoms with van der Waals surface area (Å²) in [6, 6.07) is 11.2. The van der Waals surface area contributed by atoms with Crippen LogP contribution < -0.4 is 10.1 Å². The predicted octanol–water partition coefficient (Wildman–Crippen LogP) is 8.59. The first-order chi connectivity index (χ1) is 25.2. The van der Waals surface area contributed by atoms with Gasteiger partial charge in [-0.15, -0.1) is 21.5 Å². The highest BCUT2D eigenvalue weighted by atomic mass is 32.1. The number of hydrogen-bond donors (Lipinski definition) is 1. The zero-order valence-corrected chi connectivity index (χ0v) is 28.7. The van der Waals surface area contributed by atoms with Crippen LogP contribution in [-0.2, 0) is 12.8 Å². The van der Waals surface area contributed by atoms with Crippen LogP contribution in [0.5, 0.6) is 5.75 Å². The van der Waals surface area contributed by atoms with Crippen molar-refractivity contribution in [3.8, 4) is 27.6 Å². The Bertz CT molecular complexity index is 2400. The number of anilines is 1. The molecule has 9 rings (SSSR count). The molecule has 1 amide bonds. The first-order valence-electron chi connectivity index (χ1n) is 16.9. The predicted molar refractivity (Wildman–Crippen MR) is 186 cm³/mol. The van der Waals surface area contributed by atoms with Crippen molar-refractivity contribution in [2.75, 3.05) is 19.0 Å². The van der Waals surface area contributed by atoms with E-state index in [9.17, 15) is 13.6 Å². The number of carbonyl (C=O) groups excluding carboxylic acids is 1. The molecule has 1 aliphatic carbocycles. The molecule has 4 aromatic heterocycles. The number of ether oxygens (including phenoxy) is 1. The lowest BCUT2D eigenvalue weighted by Crippen LogP contribution is -2.22. The molecule has 6 aromatic rings. The summed E-state index contributed by atoms with van der Waals surface area (Å²) in [6.07, 6.45) is 0.0502. The monoisotopic (exact) mass is 726 g/mol. The number of aryl methyl sites for hydroxylation is 3. The van der Waals surface area contributed by atoms with Gasteiger partial charge in [-0.25, -0.2) is 22.5 Å². The van der Waals surface area contributed by atoms with E-state index in [1.807, 2.05) is 11.0 Å². The van der Waals surface area contributed by atoms with Crippen LogP contribution in [0.2, 0.25) is 0 Å². The molecule has 1 saturated heterocycles. The molecule has 0 unspecified atom stereocenters. The SMILES string of the molecule is COc1c(F)ccc2c1[C@H](F)[C@@H](F)[C@H]2Nc1nccc2cc(-c3c4c(nc(CCc5ccc(F)cc5)c3-c3nnc(C)o3)[C@H]3CCCN3C4=O)sc12. The van der Waals surface area contributed by atoms with Gasteiger partial charge >= 0.3 is 0 Å². The van der Waals surface area contributed by atoms with Gasteiger partial charge in [0.15, 0.2) is 23.9 Å². The van der Waals surface area contributed by atoms with Crippen molar-refractivity contribution < 1.29 is 31.5 Å². The molecule has 9 nitrogen and oxygen atoms in total. The number of benzene rings is 2. The molecule has 2 aliphatic heterocycles. The minimum absolute atomic E-state index is 0.130. The topological polar surface area (TPSA) is 106 Å². The number of nitrogens with one attached hydrogen (secondary N) is 1. The Morgan fingerprint density at radius 2 is 1.87 bits per heavy atom. The van der Waals surface area contributed by atoms with E-state index < -0.39 is 24.2 Å². The summed E-state index contributed by atoms with van der Waals surface area (Å²) in [7, 11) is 1.22. The lowest BCUT2D eigenvalue weighted by Gasteiger charge is -2.18. The standard InChI is InChI=1S/C38H30F4N6O3S/c1-17-46-47-37(51-17)27-23(12-7-18-5-8-20(39)9-6-18)44-33-24-4-3-15-48(24)38(49)29(33)28(27)25-16-19-13-14-43-36(35(19)52-25)45-32-21-10-11-22(40)34(50-2)26(21)30(41)31(32)42/h5-6,8-11,13-14,16,24,30-32H,3-4,7,12,15H2,1-2H3,(H,43,45)/t24-,30+,31-,32+/m1/s1. The fourth-order valence-corrected chi connectivity index (χ4v) is 9.03. The Balaban J connectivity index is 1.20. The molecule has 1 fully saturated rings. The van der Waals surface area contributed by atoms with E-state index in [1.54, 1.807) is 31.3 Å². The van der Waals surface area contributed by atoms with E-state index >= 15 is 8.78 Å². The molecule has 52 heavy (non-hydrogen) atoms. The van der Waals surface area contributed by atoms with Crippen molar-refractivity contribution in [2.45, 2.75) is 57.0 Å². The van der Waals surface area contributed by atoms with Gasteiger partial charge in [-0.3, -0.25) is 9.78 Å². The van der Waals surface area contributed by atoms with Crippen molar-refractivity contribution >= 4 is 33.1 Å². The molecule has 2 aromatic carbocycles. The lowest BCUT2D eigenvalue weighted by molar-refractivity contribution is 0.0776. The molecule has 14 heteroatoms. The molecule has 0 spiro atoms. The van der Waals surface area contributed by atoms with Crippen molar-refractivity contribution in [1.82, 2.24) is 25.1 Å². The van der Waals surface area contributed by atoms with Crippen LogP contribution in [0.25, 0.3) is 32.0 Å². The van der Waals surface area contributed by atoms with Gasteiger partial charge in [0.25, 0.3) is 5.91 Å². The van der Waals surface area contributed by atoms with Gasteiger partial charge in [-0.1, -0.05) is 18.2 Å². The third-order valence-electron chi connectivity index (χ3n) is 10.2. The van der Waals surface area contributed by atoms with Crippen LogP contribution in [0.15, 0.2) is 59.1 Å². The van der Waals surface area contributed by atoms with Crippen molar-refractivity contribution in [1.29, 1.82) is 0 Å². The van der Waals surface area contributed by atoms with Crippen LogP contribution in [0.1, 0.15) is 75.4 Å². The van der Waals surface area contributed by atoms with E-state index in [0.29, 0.717) is 68.8 Å². The van der Waals surface area contributed by atoms with Crippen LogP contribution in [-0.4, -0.2) is 50.8 Å². The fourth-order valence-electron chi connectivity index (χ4n) is 7.87. The smallest absolute Gasteiger partial charge is 0.257 e. The Morgan fingerprint density at radius 1 is 1.04 bits per heavy atom. The Kier molecular flexibility index (Phi) is 7.75. The number of nitrogens with zero attached hydrogens (tertiary/aromatic N) is 5. The normalized spacial score (nSPS) is 20.4. The Hall–Kier alpha value is -5.37. The Morgan fingerprint density at radius 3 is 2.63 bits per heavy atom. The first kappa shape index (κ1) is 32.5. The van der Waals surface area contributed by atoms with Gasteiger partial charge in [-0.05, 0) is 72.5 Å². The summed E-state index contributed by atoms with van der Waals surface area (Å²) in [5.74, 6) is -0.701. The molecular formula is C38H30F4N6O3S. The number of alkyl halides is 2. The van der Waals surface area contributed by atoms with Gasteiger partial charge in [-0.2, -0.15) is 0 Å². The average molecular weight is 727 g/mol. The largest absolute Gasteiger partial charge is 0.493 e. The molecule has 4 atom stereocenters. The van der Waals surface area contributed by atoms with Gasteiger partial charge in [0.2, 0.25) is 11.8 Å². The quantitative estimate of drug-likeness (QED) is 0.156. The number of amides is 1. The number of hydrogen-bond acceptors (Lipinski definition) is 9. The molecule has 0 bridgehead atoms. The van der Waals surface area contributed by atoms with E-state index in [0.717, 1.165) is 29.9 Å². The lowest BCUT2D eigenvalue weighted by atomic mass is 9.93. The molecule has 1 N–H and O–H groups in total. The van der Waals surface area contributed by atoms with Crippen LogP contribution in [0, 0.1) is 18.6 Å². The number of fused-ring (bicyclic) bond motifs is 5. The number of methoxy groups -OCH3 is 1. The van der Waals surface area contributed by atoms with Gasteiger partial charge in [0.1, 0.15) is 11.6 Å². The summed E-state index contributed by atoms with van der Waals surface area (Å²) >= 11 is 1.33. The second kappa shape index (κ2) is 12.4. The molecular weight excluding hydrogens is 697 g/mol. The van der Waals surface area contributed by atoms with E-state index in [4.69, 9.17) is 14.1 Å². The zero-order valence-electron chi connectivity index (χ0n) is 27.9. The van der Waals surface area contributed by atoms with Crippen molar-refractivity contribution in [3.05, 3.63) is 106 Å². The number of pyridine rings is 2. The Labute approximate surface area is 298 Å². The van der Waals surface area contributed by atoms with Gasteiger partial charge in [0, 0.05) is 35.7 Å². The third-order valence-corrected chi connectivity index (χ3v) is 11.4. The number of thiophene rings is 1. The second-order valence-electron chi connectivity index (χ2n) is 13.2. The van der Waals surface area contributed by atoms with Gasteiger partial charge < -0.3 is 19.4 Å². The van der Waals surface area contributed by atoms with Crippen LogP contribution in [0.4, 0.5) is 23.4 Å². The van der Waals surface area contributed by atoms with E-state index in [2.05, 4.69) is 20.5 Å². The van der Waals surface area contributed by atoms with E-state index in [-0.39, 0.29) is 40.5 Å². The van der Waals surface area contributed by atoms with Crippen molar-refractivity contribution in [2.24, 2.45) is 0 Å². The summed E-state index contributed by atoms with van der Waals surface area (Å²) in [6.45, 7) is 2.30. The number of halogens is 4. The zero-order chi connectivity index (χ0) is 35.8.